The number of ether oxygens (including phenoxy) is 1. The van der Waals surface area contributed by atoms with E-state index in [2.05, 4.69) is 15.9 Å². The monoisotopic (exact) mass is 236 g/mol. The Kier molecular flexibility index (Phi) is 3.03. The Morgan fingerprint density at radius 2 is 2.08 bits per heavy atom. The highest BCUT2D eigenvalue weighted by Crippen LogP contribution is 2.30. The average Bonchev–Trinajstić information content (AvgIpc) is 2.03. The first kappa shape index (κ1) is 9.45. The third-order valence-corrected chi connectivity index (χ3v) is 1.92. The molecule has 0 heterocycles. The number of halogens is 3. The lowest BCUT2D eigenvalue weighted by Gasteiger charge is -2.06. The highest BCUT2D eigenvalue weighted by Gasteiger charge is 2.12. The third kappa shape index (κ3) is 1.94. The van der Waals surface area contributed by atoms with E-state index in [0.717, 1.165) is 4.47 Å². The molecule has 12 heavy (non-hydrogen) atoms. The zero-order valence-corrected chi connectivity index (χ0v) is 7.94. The maximum absolute atomic E-state index is 12.3. The fourth-order valence-electron chi connectivity index (χ4n) is 0.865. The summed E-state index contributed by atoms with van der Waals surface area (Å²) in [5.41, 5.74) is -0.0827. The minimum Gasteiger partial charge on any atom is -0.496 e. The number of rotatable bonds is 2. The Balaban J connectivity index is 3.11. The lowest BCUT2D eigenvalue weighted by atomic mass is 10.2. The quantitative estimate of drug-likeness (QED) is 0.765. The molecule has 0 aromatic heterocycles. The predicted molar refractivity (Wildman–Crippen MR) is 45.7 cm³/mol. The lowest BCUT2D eigenvalue weighted by molar-refractivity contribution is 0.147. The predicted octanol–water partition coefficient (Wildman–Crippen LogP) is 3.40. The van der Waals surface area contributed by atoms with Crippen molar-refractivity contribution in [3.63, 3.8) is 0 Å². The molecule has 0 atom stereocenters. The van der Waals surface area contributed by atoms with Gasteiger partial charge >= 0.3 is 0 Å². The van der Waals surface area contributed by atoms with Gasteiger partial charge in [-0.2, -0.15) is 0 Å². The Morgan fingerprint density at radius 3 is 2.58 bits per heavy atom. The third-order valence-electron chi connectivity index (χ3n) is 1.43. The first-order valence-corrected chi connectivity index (χ1v) is 4.06. The standard InChI is InChI=1S/C8H7BrF2O/c1-12-7-4-5(9)2-3-6(7)8(10)11/h2-4,8H,1H3. The van der Waals surface area contributed by atoms with Gasteiger partial charge in [0.15, 0.2) is 0 Å². The zero-order valence-electron chi connectivity index (χ0n) is 6.35. The minimum absolute atomic E-state index is 0.0827. The summed E-state index contributed by atoms with van der Waals surface area (Å²) in [6.45, 7) is 0. The van der Waals surface area contributed by atoms with Crippen LogP contribution in [0.3, 0.4) is 0 Å². The minimum atomic E-state index is -2.49. The molecule has 1 aromatic carbocycles. The molecule has 0 radical (unpaired) electrons. The van der Waals surface area contributed by atoms with Crippen molar-refractivity contribution >= 4 is 15.9 Å². The highest BCUT2D eigenvalue weighted by molar-refractivity contribution is 9.10. The lowest BCUT2D eigenvalue weighted by Crippen LogP contribution is -1.91. The SMILES string of the molecule is COc1cc(Br)ccc1C(F)F. The number of benzene rings is 1. The van der Waals surface area contributed by atoms with Gasteiger partial charge in [-0.25, -0.2) is 8.78 Å². The van der Waals surface area contributed by atoms with Crippen molar-refractivity contribution in [3.05, 3.63) is 28.2 Å². The average molecular weight is 237 g/mol. The molecule has 0 N–H and O–H groups in total. The molecule has 0 saturated carbocycles. The molecule has 0 aliphatic rings. The molecule has 0 aliphatic carbocycles. The van der Waals surface area contributed by atoms with E-state index in [9.17, 15) is 8.78 Å². The first-order chi connectivity index (χ1) is 5.65. The highest BCUT2D eigenvalue weighted by atomic mass is 79.9. The summed E-state index contributed by atoms with van der Waals surface area (Å²) in [4.78, 5) is 0. The van der Waals surface area contributed by atoms with E-state index in [1.165, 1.54) is 19.2 Å². The summed E-state index contributed by atoms with van der Waals surface area (Å²) >= 11 is 3.16. The van der Waals surface area contributed by atoms with Gasteiger partial charge in [0.1, 0.15) is 5.75 Å². The van der Waals surface area contributed by atoms with Crippen molar-refractivity contribution in [2.24, 2.45) is 0 Å². The molecule has 0 bridgehead atoms. The van der Waals surface area contributed by atoms with Crippen LogP contribution in [0.1, 0.15) is 12.0 Å². The molecule has 0 unspecified atom stereocenters. The van der Waals surface area contributed by atoms with E-state index < -0.39 is 6.43 Å². The Morgan fingerprint density at radius 1 is 1.42 bits per heavy atom. The van der Waals surface area contributed by atoms with Crippen molar-refractivity contribution in [3.8, 4) is 5.75 Å². The van der Waals surface area contributed by atoms with E-state index in [-0.39, 0.29) is 11.3 Å². The van der Waals surface area contributed by atoms with E-state index in [1.54, 1.807) is 6.07 Å². The van der Waals surface area contributed by atoms with E-state index in [4.69, 9.17) is 4.74 Å². The fraction of sp³-hybridized carbons (Fsp3) is 0.250. The molecule has 0 amide bonds. The van der Waals surface area contributed by atoms with Gasteiger partial charge in [-0.1, -0.05) is 15.9 Å². The summed E-state index contributed by atoms with van der Waals surface area (Å²) in [6.07, 6.45) is -2.49. The van der Waals surface area contributed by atoms with Crippen LogP contribution in [0.4, 0.5) is 8.78 Å². The van der Waals surface area contributed by atoms with E-state index in [0.29, 0.717) is 0 Å². The van der Waals surface area contributed by atoms with Crippen LogP contribution in [0.15, 0.2) is 22.7 Å². The molecule has 1 aromatic rings. The van der Waals surface area contributed by atoms with Crippen LogP contribution in [0.5, 0.6) is 5.75 Å². The molecule has 1 rings (SSSR count). The van der Waals surface area contributed by atoms with E-state index in [1.807, 2.05) is 0 Å². The number of hydrogen-bond acceptors (Lipinski definition) is 1. The number of methoxy groups -OCH3 is 1. The van der Waals surface area contributed by atoms with Gasteiger partial charge in [0.05, 0.1) is 12.7 Å². The molecule has 1 nitrogen and oxygen atoms in total. The Hall–Kier alpha value is -0.640. The topological polar surface area (TPSA) is 9.23 Å². The molecular weight excluding hydrogens is 230 g/mol. The van der Waals surface area contributed by atoms with Crippen LogP contribution in [0.25, 0.3) is 0 Å². The molecule has 0 spiro atoms. The van der Waals surface area contributed by atoms with Gasteiger partial charge in [-0.3, -0.25) is 0 Å². The summed E-state index contributed by atoms with van der Waals surface area (Å²) in [6, 6.07) is 4.42. The van der Waals surface area contributed by atoms with E-state index >= 15 is 0 Å². The van der Waals surface area contributed by atoms with Crippen molar-refractivity contribution in [2.45, 2.75) is 6.43 Å². The second kappa shape index (κ2) is 3.85. The molecule has 0 aliphatic heterocycles. The van der Waals surface area contributed by atoms with Crippen molar-refractivity contribution in [1.29, 1.82) is 0 Å². The van der Waals surface area contributed by atoms with Crippen molar-refractivity contribution in [1.82, 2.24) is 0 Å². The van der Waals surface area contributed by atoms with Gasteiger partial charge in [0.2, 0.25) is 0 Å². The zero-order chi connectivity index (χ0) is 9.14. The number of alkyl halides is 2. The maximum Gasteiger partial charge on any atom is 0.267 e. The van der Waals surface area contributed by atoms with Gasteiger partial charge < -0.3 is 4.74 Å². The molecular formula is C8H7BrF2O. The normalized spacial score (nSPS) is 10.4. The van der Waals surface area contributed by atoms with Gasteiger partial charge in [0.25, 0.3) is 6.43 Å². The fourth-order valence-corrected chi connectivity index (χ4v) is 1.21. The Labute approximate surface area is 77.5 Å². The van der Waals surface area contributed by atoms with Gasteiger partial charge in [-0.05, 0) is 18.2 Å². The number of hydrogen-bond donors (Lipinski definition) is 0. The van der Waals surface area contributed by atoms with Gasteiger partial charge in [0, 0.05) is 4.47 Å². The van der Waals surface area contributed by atoms with Crippen LogP contribution < -0.4 is 4.74 Å². The second-order valence-electron chi connectivity index (χ2n) is 2.19. The van der Waals surface area contributed by atoms with Crippen LogP contribution in [-0.2, 0) is 0 Å². The summed E-state index contributed by atoms with van der Waals surface area (Å²) in [5, 5.41) is 0. The maximum atomic E-state index is 12.3. The summed E-state index contributed by atoms with van der Waals surface area (Å²) in [5.74, 6) is 0.208. The molecule has 0 saturated heterocycles. The van der Waals surface area contributed by atoms with Gasteiger partial charge in [-0.15, -0.1) is 0 Å². The second-order valence-corrected chi connectivity index (χ2v) is 3.10. The van der Waals surface area contributed by atoms with Crippen LogP contribution in [0, 0.1) is 0 Å². The first-order valence-electron chi connectivity index (χ1n) is 3.26. The van der Waals surface area contributed by atoms with Crippen molar-refractivity contribution < 1.29 is 13.5 Å². The van der Waals surface area contributed by atoms with Crippen LogP contribution >= 0.6 is 15.9 Å². The Bertz CT molecular complexity index is 276. The molecule has 4 heteroatoms. The largest absolute Gasteiger partial charge is 0.496 e. The van der Waals surface area contributed by atoms with Crippen LogP contribution in [-0.4, -0.2) is 7.11 Å². The molecule has 66 valence electrons. The molecule has 0 fully saturated rings. The summed E-state index contributed by atoms with van der Waals surface area (Å²) in [7, 11) is 1.37. The van der Waals surface area contributed by atoms with Crippen molar-refractivity contribution in [2.75, 3.05) is 7.11 Å². The smallest absolute Gasteiger partial charge is 0.267 e. The summed E-state index contributed by atoms with van der Waals surface area (Å²) < 4.78 is 30.0. The van der Waals surface area contributed by atoms with Crippen LogP contribution in [0.2, 0.25) is 0 Å².